The lowest BCUT2D eigenvalue weighted by Crippen LogP contribution is -2.63. The molecule has 0 aromatic carbocycles. The minimum atomic E-state index is -0.889. The number of hydrogen-bond donors (Lipinski definition) is 8. The predicted molar refractivity (Wildman–Crippen MR) is 198 cm³/mol. The maximum Gasteiger partial charge on any atom is 0.311 e. The molecule has 13 nitrogen and oxygen atoms in total. The number of carboxylic acid groups (broad SMARTS) is 1. The topological polar surface area (TPSA) is 205 Å². The Labute approximate surface area is 315 Å². The van der Waals surface area contributed by atoms with Crippen LogP contribution in [0.2, 0.25) is 0 Å². The maximum atomic E-state index is 12.9. The highest BCUT2D eigenvalue weighted by molar-refractivity contribution is 5.74. The van der Waals surface area contributed by atoms with Crippen molar-refractivity contribution in [3.8, 4) is 0 Å². The molecule has 0 radical (unpaired) electrons. The Hall–Kier alpha value is -1.23. The number of aliphatic carboxylic acids is 1. The molecule has 13 heteroatoms. The van der Waals surface area contributed by atoms with Crippen molar-refractivity contribution in [2.24, 2.45) is 46.7 Å². The molecular formula is C40H69N3O10. The molecule has 0 amide bonds. The van der Waals surface area contributed by atoms with Crippen molar-refractivity contribution >= 4 is 5.97 Å². The highest BCUT2D eigenvalue weighted by Crippen LogP contribution is 2.56. The van der Waals surface area contributed by atoms with Gasteiger partial charge in [0.1, 0.15) is 6.10 Å². The van der Waals surface area contributed by atoms with Crippen molar-refractivity contribution in [3.63, 3.8) is 0 Å². The Kier molecular flexibility index (Phi) is 14.3. The number of piperidine rings is 2. The smallest absolute Gasteiger partial charge is 0.311 e. The number of nitrogens with two attached hydrogens (primary N) is 1. The molecule has 0 aromatic heterocycles. The zero-order valence-corrected chi connectivity index (χ0v) is 32.1. The van der Waals surface area contributed by atoms with Gasteiger partial charge in [-0.2, -0.15) is 0 Å². The third kappa shape index (κ3) is 9.01. The fraction of sp³-hybridized carbons (Fsp3) is 0.925. The van der Waals surface area contributed by atoms with Crippen LogP contribution in [0.4, 0.5) is 0 Å². The molecule has 18 unspecified atom stereocenters. The summed E-state index contributed by atoms with van der Waals surface area (Å²) < 4.78 is 25.0. The molecule has 0 aromatic rings. The molecule has 53 heavy (non-hydrogen) atoms. The van der Waals surface area contributed by atoms with Gasteiger partial charge in [-0.15, -0.1) is 0 Å². The lowest BCUT2D eigenvalue weighted by atomic mass is 9.57. The van der Waals surface area contributed by atoms with E-state index in [9.17, 15) is 30.3 Å². The molecule has 0 bridgehead atoms. The minimum Gasteiger partial charge on any atom is -0.481 e. The summed E-state index contributed by atoms with van der Waals surface area (Å²) in [5.41, 5.74) is 5.77. The standard InChI is InChI=1S/C40H69N3O10/c1-22-10-13-40(28(7-8-29(40)39(48)49)24-11-14-42-36(41)19-24)35(43-22)21-52-34-18-25(17-33(51-3)37(34)47)38-27(12-15-44)31(46)20-26(53-38)6-4-23-5-9-30(45)32(16-23)50-2/h7-8,22-38,42-47H,4-6,9-21,41H2,1-3H3,(H,48,49). The van der Waals surface area contributed by atoms with Crippen LogP contribution in [-0.4, -0.2) is 133 Å². The first-order valence-corrected chi connectivity index (χ1v) is 20.6. The average Bonchev–Trinajstić information content (AvgIpc) is 3.53. The Balaban J connectivity index is 1.18. The summed E-state index contributed by atoms with van der Waals surface area (Å²) in [6.07, 6.45) is 9.65. The number of ether oxygens (including phenoxy) is 4. The second-order valence-electron chi connectivity index (χ2n) is 17.5. The van der Waals surface area contributed by atoms with Gasteiger partial charge < -0.3 is 60.8 Å². The van der Waals surface area contributed by atoms with Gasteiger partial charge >= 0.3 is 5.97 Å². The summed E-state index contributed by atoms with van der Waals surface area (Å²) in [7, 11) is 3.25. The van der Waals surface area contributed by atoms with Crippen molar-refractivity contribution < 1.29 is 49.3 Å². The van der Waals surface area contributed by atoms with Gasteiger partial charge in [-0.05, 0) is 121 Å². The highest BCUT2D eigenvalue weighted by Gasteiger charge is 2.59. The number of aliphatic hydroxyl groups excluding tert-OH is 4. The van der Waals surface area contributed by atoms with Crippen LogP contribution in [0, 0.1) is 40.9 Å². The van der Waals surface area contributed by atoms with Gasteiger partial charge in [-0.3, -0.25) is 4.79 Å². The SMILES string of the molecule is COC1CC(CCC2CC(O)C(CCO)C(C3CC(OC)C(O)C(OCC4NC(C)CCC45C(C(=O)O)C=CC5C4CCNC(N)C4)C3)O2)CCC1O. The number of nitrogens with one attached hydrogen (secondary N) is 2. The largest absolute Gasteiger partial charge is 0.481 e. The van der Waals surface area contributed by atoms with E-state index in [1.165, 1.54) is 0 Å². The van der Waals surface area contributed by atoms with E-state index in [0.717, 1.165) is 64.3 Å². The number of aliphatic hydroxyl groups is 4. The van der Waals surface area contributed by atoms with Gasteiger partial charge in [0.15, 0.2) is 0 Å². The van der Waals surface area contributed by atoms with Gasteiger partial charge in [-0.25, -0.2) is 0 Å². The average molecular weight is 752 g/mol. The Morgan fingerprint density at radius 3 is 2.40 bits per heavy atom. The van der Waals surface area contributed by atoms with Crippen LogP contribution in [0.3, 0.4) is 0 Å². The number of rotatable bonds is 13. The molecule has 3 aliphatic carbocycles. The number of allylic oxidation sites excluding steroid dienone is 1. The summed E-state index contributed by atoms with van der Waals surface area (Å²) in [5, 5.41) is 61.1. The van der Waals surface area contributed by atoms with E-state index in [2.05, 4.69) is 23.6 Å². The lowest BCUT2D eigenvalue weighted by Gasteiger charge is -2.53. The van der Waals surface area contributed by atoms with Crippen LogP contribution in [-0.2, 0) is 23.7 Å². The quantitative estimate of drug-likeness (QED) is 0.127. The summed E-state index contributed by atoms with van der Waals surface area (Å²) in [4.78, 5) is 12.9. The van der Waals surface area contributed by atoms with Gasteiger partial charge in [0, 0.05) is 44.2 Å². The molecule has 6 aliphatic rings. The first kappa shape index (κ1) is 41.4. The maximum absolute atomic E-state index is 12.9. The van der Waals surface area contributed by atoms with Crippen molar-refractivity contribution in [2.75, 3.05) is 34.0 Å². The van der Waals surface area contributed by atoms with Crippen LogP contribution >= 0.6 is 0 Å². The molecule has 6 rings (SSSR count). The van der Waals surface area contributed by atoms with Crippen molar-refractivity contribution in [1.29, 1.82) is 0 Å². The van der Waals surface area contributed by atoms with Gasteiger partial charge in [0.05, 0.1) is 61.4 Å². The number of carbonyl (C=O) groups is 1. The number of hydrogen-bond acceptors (Lipinski definition) is 12. The van der Waals surface area contributed by atoms with Crippen molar-refractivity contribution in [3.05, 3.63) is 12.2 Å². The fourth-order valence-corrected chi connectivity index (χ4v) is 11.6. The molecule has 304 valence electrons. The third-order valence-electron chi connectivity index (χ3n) is 14.5. The van der Waals surface area contributed by atoms with Crippen LogP contribution in [0.15, 0.2) is 12.2 Å². The molecule has 5 fully saturated rings. The van der Waals surface area contributed by atoms with E-state index in [1.54, 1.807) is 14.2 Å². The number of carboxylic acids is 1. The minimum absolute atomic E-state index is 0.0356. The van der Waals surface area contributed by atoms with Gasteiger partial charge in [0.25, 0.3) is 0 Å². The second-order valence-corrected chi connectivity index (χ2v) is 17.5. The summed E-state index contributed by atoms with van der Waals surface area (Å²) >= 11 is 0. The monoisotopic (exact) mass is 751 g/mol. The van der Waals surface area contributed by atoms with E-state index < -0.39 is 47.8 Å². The predicted octanol–water partition coefficient (Wildman–Crippen LogP) is 1.93. The first-order chi connectivity index (χ1) is 25.5. The van der Waals surface area contributed by atoms with E-state index in [0.29, 0.717) is 31.6 Å². The first-order valence-electron chi connectivity index (χ1n) is 20.6. The molecular weight excluding hydrogens is 682 g/mol. The molecule has 18 atom stereocenters. The second kappa shape index (κ2) is 18.4. The van der Waals surface area contributed by atoms with Crippen molar-refractivity contribution in [2.45, 2.75) is 157 Å². The Bertz CT molecular complexity index is 1210. The Morgan fingerprint density at radius 1 is 0.906 bits per heavy atom. The number of methoxy groups -OCH3 is 2. The van der Waals surface area contributed by atoms with E-state index >= 15 is 0 Å². The molecule has 2 saturated carbocycles. The van der Waals surface area contributed by atoms with E-state index in [-0.39, 0.29) is 73.4 Å². The summed E-state index contributed by atoms with van der Waals surface area (Å²) in [6, 6.07) is -0.0757. The normalized spacial score (nSPS) is 47.9. The zero-order chi connectivity index (χ0) is 37.9. The highest BCUT2D eigenvalue weighted by atomic mass is 16.5. The van der Waals surface area contributed by atoms with Gasteiger partial charge in [0.2, 0.25) is 0 Å². The molecule has 9 N–H and O–H groups in total. The molecule has 3 saturated heterocycles. The van der Waals surface area contributed by atoms with E-state index in [4.69, 9.17) is 24.7 Å². The summed E-state index contributed by atoms with van der Waals surface area (Å²) in [5.74, 6) is -1.13. The van der Waals surface area contributed by atoms with E-state index in [1.807, 2.05) is 6.08 Å². The third-order valence-corrected chi connectivity index (χ3v) is 14.5. The van der Waals surface area contributed by atoms with Crippen LogP contribution in [0.1, 0.15) is 90.4 Å². The lowest BCUT2D eigenvalue weighted by molar-refractivity contribution is -0.201. The van der Waals surface area contributed by atoms with Crippen LogP contribution in [0.25, 0.3) is 0 Å². The summed E-state index contributed by atoms with van der Waals surface area (Å²) in [6.45, 7) is 3.12. The molecule has 3 aliphatic heterocycles. The Morgan fingerprint density at radius 2 is 1.68 bits per heavy atom. The van der Waals surface area contributed by atoms with Crippen LogP contribution < -0.4 is 16.4 Å². The van der Waals surface area contributed by atoms with Crippen LogP contribution in [0.5, 0.6) is 0 Å². The fourth-order valence-electron chi connectivity index (χ4n) is 11.6. The molecule has 1 spiro atoms. The zero-order valence-electron chi connectivity index (χ0n) is 32.1. The van der Waals surface area contributed by atoms with Gasteiger partial charge in [-0.1, -0.05) is 12.2 Å². The van der Waals surface area contributed by atoms with Crippen molar-refractivity contribution in [1.82, 2.24) is 10.6 Å². The molecule has 3 heterocycles.